The first-order valence-electron chi connectivity index (χ1n) is 11.2. The van der Waals surface area contributed by atoms with Gasteiger partial charge in [0.25, 0.3) is 0 Å². The number of ether oxygens (including phenoxy) is 1. The predicted molar refractivity (Wildman–Crippen MR) is 140 cm³/mol. The molecule has 3 aromatic carbocycles. The number of methoxy groups -OCH3 is 1. The Bertz CT molecular complexity index is 1650. The van der Waals surface area contributed by atoms with Crippen LogP contribution in [0, 0.1) is 6.92 Å². The lowest BCUT2D eigenvalue weighted by atomic mass is 10.0. The summed E-state index contributed by atoms with van der Waals surface area (Å²) in [5.41, 5.74) is 4.38. The third kappa shape index (κ3) is 4.39. The molecule has 0 saturated heterocycles. The summed E-state index contributed by atoms with van der Waals surface area (Å²) in [7, 11) is 1.65. The molecule has 0 atom stereocenters. The molecule has 0 amide bonds. The zero-order chi connectivity index (χ0) is 24.7. The Morgan fingerprint density at radius 3 is 2.54 bits per heavy atom. The van der Waals surface area contributed by atoms with E-state index in [0.29, 0.717) is 29.5 Å². The fourth-order valence-corrected chi connectivity index (χ4v) is 4.93. The van der Waals surface area contributed by atoms with Gasteiger partial charge in [-0.05, 0) is 60.9 Å². The molecule has 7 heteroatoms. The number of hydrogen-bond acceptors (Lipinski definition) is 5. The van der Waals surface area contributed by atoms with Crippen LogP contribution in [0.15, 0.2) is 74.3 Å². The maximum Gasteiger partial charge on any atom is 0.347 e. The van der Waals surface area contributed by atoms with Crippen LogP contribution < -0.4 is 10.4 Å². The normalized spacial score (nSPS) is 11.3. The van der Waals surface area contributed by atoms with Crippen molar-refractivity contribution in [2.45, 2.75) is 26.8 Å². The van der Waals surface area contributed by atoms with Gasteiger partial charge in [0.1, 0.15) is 22.7 Å². The number of benzene rings is 3. The molecule has 5 rings (SSSR count). The number of ketones is 1. The number of halogens is 1. The van der Waals surface area contributed by atoms with E-state index < -0.39 is 5.63 Å². The predicted octanol–water partition coefficient (Wildman–Crippen LogP) is 6.06. The Morgan fingerprint density at radius 2 is 1.86 bits per heavy atom. The number of aryl methyl sites for hydroxylation is 1. The van der Waals surface area contributed by atoms with Crippen molar-refractivity contribution < 1.29 is 13.9 Å². The number of nitrogens with zero attached hydrogens (tertiary/aromatic N) is 2. The van der Waals surface area contributed by atoms with Crippen molar-refractivity contribution in [3.8, 4) is 5.75 Å². The summed E-state index contributed by atoms with van der Waals surface area (Å²) in [5.74, 6) is 1.38. The van der Waals surface area contributed by atoms with Crippen LogP contribution in [-0.2, 0) is 13.0 Å². The van der Waals surface area contributed by atoms with Gasteiger partial charge in [0.15, 0.2) is 5.78 Å². The van der Waals surface area contributed by atoms with Crippen LogP contribution in [-0.4, -0.2) is 22.4 Å². The quantitative estimate of drug-likeness (QED) is 0.197. The number of carbonyl (C=O) groups is 1. The van der Waals surface area contributed by atoms with Gasteiger partial charge in [-0.15, -0.1) is 0 Å². The van der Waals surface area contributed by atoms with Crippen molar-refractivity contribution in [3.05, 3.63) is 104 Å². The SMILES string of the molecule is COc1ccc(Cc2nc3cc4c(C)c(C(C)=O)c(=O)oc4cc3n2Cc2cccc(Br)c2)cc1. The van der Waals surface area contributed by atoms with Crippen LogP contribution in [0.4, 0.5) is 0 Å². The number of rotatable bonds is 6. The van der Waals surface area contributed by atoms with Gasteiger partial charge < -0.3 is 13.7 Å². The van der Waals surface area contributed by atoms with Crippen molar-refractivity contribution in [2.24, 2.45) is 0 Å². The van der Waals surface area contributed by atoms with Gasteiger partial charge in [-0.25, -0.2) is 9.78 Å². The molecule has 0 N–H and O–H groups in total. The van der Waals surface area contributed by atoms with E-state index in [2.05, 4.69) is 32.6 Å². The van der Waals surface area contributed by atoms with Crippen molar-refractivity contribution in [3.63, 3.8) is 0 Å². The lowest BCUT2D eigenvalue weighted by molar-refractivity contribution is 0.101. The molecule has 0 fully saturated rings. The monoisotopic (exact) mass is 530 g/mol. The Kier molecular flexibility index (Phi) is 6.03. The second kappa shape index (κ2) is 9.15. The third-order valence-electron chi connectivity index (χ3n) is 6.22. The fourth-order valence-electron chi connectivity index (χ4n) is 4.48. The summed E-state index contributed by atoms with van der Waals surface area (Å²) < 4.78 is 14.0. The minimum atomic E-state index is -0.613. The summed E-state index contributed by atoms with van der Waals surface area (Å²) in [6, 6.07) is 19.8. The molecule has 6 nitrogen and oxygen atoms in total. The van der Waals surface area contributed by atoms with Gasteiger partial charge in [-0.1, -0.05) is 40.2 Å². The molecule has 0 saturated carbocycles. The van der Waals surface area contributed by atoms with E-state index in [1.165, 1.54) is 6.92 Å². The molecule has 5 aromatic rings. The highest BCUT2D eigenvalue weighted by atomic mass is 79.9. The smallest absolute Gasteiger partial charge is 0.347 e. The van der Waals surface area contributed by atoms with Crippen LogP contribution in [0.25, 0.3) is 22.0 Å². The molecule has 0 aliphatic rings. The van der Waals surface area contributed by atoms with E-state index in [4.69, 9.17) is 14.1 Å². The first-order chi connectivity index (χ1) is 16.8. The zero-order valence-corrected chi connectivity index (χ0v) is 21.2. The van der Waals surface area contributed by atoms with E-state index in [9.17, 15) is 9.59 Å². The average molecular weight is 531 g/mol. The second-order valence-corrected chi connectivity index (χ2v) is 9.47. The van der Waals surface area contributed by atoms with Gasteiger partial charge in [-0.3, -0.25) is 4.79 Å². The lowest BCUT2D eigenvalue weighted by Gasteiger charge is -2.11. The summed E-state index contributed by atoms with van der Waals surface area (Å²) in [6.45, 7) is 3.75. The molecule has 176 valence electrons. The molecular weight excluding hydrogens is 508 g/mol. The van der Waals surface area contributed by atoms with Crippen LogP contribution in [0.3, 0.4) is 0 Å². The van der Waals surface area contributed by atoms with Crippen LogP contribution in [0.2, 0.25) is 0 Å². The first-order valence-corrected chi connectivity index (χ1v) is 12.0. The molecule has 0 aliphatic carbocycles. The summed E-state index contributed by atoms with van der Waals surface area (Å²) >= 11 is 3.55. The van der Waals surface area contributed by atoms with Gasteiger partial charge >= 0.3 is 5.63 Å². The molecular formula is C28H23BrN2O4. The Balaban J connectivity index is 1.71. The van der Waals surface area contributed by atoms with Crippen molar-refractivity contribution in [2.75, 3.05) is 7.11 Å². The standard InChI is InChI=1S/C28H23BrN2O4/c1-16-22-13-23-24(14-25(22)35-28(33)27(16)17(2)32)31(15-19-5-4-6-20(29)11-19)26(30-23)12-18-7-9-21(34-3)10-8-18/h4-11,13-14H,12,15H2,1-3H3. The number of carbonyl (C=O) groups excluding carboxylic acids is 1. The third-order valence-corrected chi connectivity index (χ3v) is 6.71. The molecule has 0 aliphatic heterocycles. The lowest BCUT2D eigenvalue weighted by Crippen LogP contribution is -2.14. The van der Waals surface area contributed by atoms with Crippen molar-refractivity contribution >= 4 is 43.7 Å². The Labute approximate surface area is 210 Å². The van der Waals surface area contributed by atoms with E-state index in [-0.39, 0.29) is 11.3 Å². The van der Waals surface area contributed by atoms with Gasteiger partial charge in [0.2, 0.25) is 0 Å². The zero-order valence-electron chi connectivity index (χ0n) is 19.6. The fraction of sp³-hybridized carbons (Fsp3) is 0.179. The minimum Gasteiger partial charge on any atom is -0.497 e. The van der Waals surface area contributed by atoms with Gasteiger partial charge in [-0.2, -0.15) is 0 Å². The maximum absolute atomic E-state index is 12.5. The summed E-state index contributed by atoms with van der Waals surface area (Å²) in [6.07, 6.45) is 0.616. The van der Waals surface area contributed by atoms with Crippen LogP contribution in [0.5, 0.6) is 5.75 Å². The van der Waals surface area contributed by atoms with E-state index in [0.717, 1.165) is 38.2 Å². The van der Waals surface area contributed by atoms with Crippen LogP contribution >= 0.6 is 15.9 Å². The molecule has 0 radical (unpaired) electrons. The molecule has 0 bridgehead atoms. The summed E-state index contributed by atoms with van der Waals surface area (Å²) in [4.78, 5) is 29.5. The van der Waals surface area contributed by atoms with Gasteiger partial charge in [0, 0.05) is 28.9 Å². The van der Waals surface area contributed by atoms with E-state index in [1.54, 1.807) is 14.0 Å². The molecule has 35 heavy (non-hydrogen) atoms. The highest BCUT2D eigenvalue weighted by Gasteiger charge is 2.19. The molecule has 2 aromatic heterocycles. The number of Topliss-reactive ketones (excluding diaryl/α,β-unsaturated/α-hetero) is 1. The highest BCUT2D eigenvalue weighted by Crippen LogP contribution is 2.28. The van der Waals surface area contributed by atoms with Crippen LogP contribution in [0.1, 0.15) is 39.8 Å². The maximum atomic E-state index is 12.5. The van der Waals surface area contributed by atoms with E-state index in [1.807, 2.05) is 48.5 Å². The summed E-state index contributed by atoms with van der Waals surface area (Å²) in [5, 5.41) is 0.713. The molecule has 2 heterocycles. The average Bonchev–Trinajstić information content (AvgIpc) is 3.14. The number of fused-ring (bicyclic) bond motifs is 2. The number of imidazole rings is 1. The van der Waals surface area contributed by atoms with Crippen molar-refractivity contribution in [1.82, 2.24) is 9.55 Å². The Morgan fingerprint density at radius 1 is 1.09 bits per heavy atom. The highest BCUT2D eigenvalue weighted by molar-refractivity contribution is 9.10. The van der Waals surface area contributed by atoms with Crippen molar-refractivity contribution in [1.29, 1.82) is 0 Å². The Hall–Kier alpha value is -3.71. The van der Waals surface area contributed by atoms with Gasteiger partial charge in [0.05, 0.1) is 18.1 Å². The first kappa shape index (κ1) is 23.1. The topological polar surface area (TPSA) is 74.3 Å². The molecule has 0 unspecified atom stereocenters. The van der Waals surface area contributed by atoms with E-state index >= 15 is 0 Å². The second-order valence-electron chi connectivity index (χ2n) is 8.55. The number of hydrogen-bond donors (Lipinski definition) is 0. The largest absolute Gasteiger partial charge is 0.497 e. The minimum absolute atomic E-state index is 0.0869. The number of aromatic nitrogens is 2. The molecule has 0 spiro atoms.